The third-order valence-corrected chi connectivity index (χ3v) is 3.74. The summed E-state index contributed by atoms with van der Waals surface area (Å²) in [7, 11) is 0. The van der Waals surface area contributed by atoms with Gasteiger partial charge in [0.1, 0.15) is 12.1 Å². The van der Waals surface area contributed by atoms with Crippen LogP contribution in [0.25, 0.3) is 0 Å². The topological polar surface area (TPSA) is 225 Å². The van der Waals surface area contributed by atoms with E-state index in [2.05, 4.69) is 10.6 Å². The van der Waals surface area contributed by atoms with Crippen molar-refractivity contribution in [3.63, 3.8) is 0 Å². The van der Waals surface area contributed by atoms with Gasteiger partial charge < -0.3 is 37.0 Å². The highest BCUT2D eigenvalue weighted by Crippen LogP contribution is 2.01. The molecule has 0 fully saturated rings. The van der Waals surface area contributed by atoms with Crippen LogP contribution in [-0.2, 0) is 28.8 Å². The lowest BCUT2D eigenvalue weighted by molar-refractivity contribution is -0.143. The Morgan fingerprint density at radius 3 is 1.90 bits per heavy atom. The largest absolute Gasteiger partial charge is 0.481 e. The molecule has 0 saturated heterocycles. The first kappa shape index (κ1) is 25.8. The smallest absolute Gasteiger partial charge is 0.326 e. The maximum Gasteiger partial charge on any atom is 0.326 e. The second-order valence-electron chi connectivity index (χ2n) is 6.54. The third kappa shape index (κ3) is 10.6. The molecule has 0 aromatic carbocycles. The molecule has 0 heterocycles. The van der Waals surface area contributed by atoms with Crippen LogP contribution in [0, 0.1) is 5.92 Å². The van der Waals surface area contributed by atoms with Crippen LogP contribution in [0.15, 0.2) is 0 Å². The van der Waals surface area contributed by atoms with Crippen molar-refractivity contribution in [3.8, 4) is 0 Å². The Bertz CT molecular complexity index is 650. The first-order valence-corrected chi connectivity index (χ1v) is 8.64. The maximum absolute atomic E-state index is 12.1. The number of carboxylic acid groups (broad SMARTS) is 3. The van der Waals surface area contributed by atoms with Gasteiger partial charge in [0.05, 0.1) is 19.0 Å². The van der Waals surface area contributed by atoms with Crippen molar-refractivity contribution in [1.82, 2.24) is 16.0 Å². The number of amides is 3. The van der Waals surface area contributed by atoms with Crippen LogP contribution in [0.4, 0.5) is 0 Å². The van der Waals surface area contributed by atoms with Crippen molar-refractivity contribution in [3.05, 3.63) is 0 Å². The molecule has 29 heavy (non-hydrogen) atoms. The molecular weight excluding hydrogens is 392 g/mol. The van der Waals surface area contributed by atoms with Crippen molar-refractivity contribution >= 4 is 35.6 Å². The Labute approximate surface area is 166 Å². The van der Waals surface area contributed by atoms with Crippen molar-refractivity contribution in [2.75, 3.05) is 6.54 Å². The first-order valence-electron chi connectivity index (χ1n) is 8.64. The van der Waals surface area contributed by atoms with Gasteiger partial charge in [-0.1, -0.05) is 13.8 Å². The molecular formula is C16H26N4O9. The normalized spacial score (nSPS) is 13.7. The standard InChI is InChI=1S/C16H26N4O9/c1-7(2)13(17)15(27)20-9(5-12(24)25)14(26)18-6-10(21)19-8(16(28)29)3-4-11(22)23/h7-9,13H,3-6,17H2,1-2H3,(H,18,26)(H,19,21)(H,20,27)(H,22,23)(H,24,25)(H,28,29). The number of hydrogen-bond acceptors (Lipinski definition) is 7. The van der Waals surface area contributed by atoms with Crippen molar-refractivity contribution in [2.24, 2.45) is 11.7 Å². The Morgan fingerprint density at radius 1 is 0.862 bits per heavy atom. The summed E-state index contributed by atoms with van der Waals surface area (Å²) in [5.41, 5.74) is 5.64. The van der Waals surface area contributed by atoms with E-state index in [0.29, 0.717) is 0 Å². The zero-order valence-electron chi connectivity index (χ0n) is 16.0. The van der Waals surface area contributed by atoms with E-state index in [1.165, 1.54) is 0 Å². The molecule has 8 N–H and O–H groups in total. The fraction of sp³-hybridized carbons (Fsp3) is 0.625. The van der Waals surface area contributed by atoms with Gasteiger partial charge in [0.2, 0.25) is 17.7 Å². The summed E-state index contributed by atoms with van der Waals surface area (Å²) in [6.45, 7) is 2.60. The Hall–Kier alpha value is -3.22. The molecule has 0 aromatic heterocycles. The molecule has 3 unspecified atom stereocenters. The van der Waals surface area contributed by atoms with E-state index in [9.17, 15) is 28.8 Å². The summed E-state index contributed by atoms with van der Waals surface area (Å²) in [5, 5.41) is 32.8. The zero-order chi connectivity index (χ0) is 22.7. The lowest BCUT2D eigenvalue weighted by Gasteiger charge is -2.21. The SMILES string of the molecule is CC(C)C(N)C(=O)NC(CC(=O)O)C(=O)NCC(=O)NC(CCC(=O)O)C(=O)O. The van der Waals surface area contributed by atoms with Crippen molar-refractivity contribution < 1.29 is 44.1 Å². The number of carbonyl (C=O) groups excluding carboxylic acids is 3. The van der Waals surface area contributed by atoms with Gasteiger partial charge in [-0.2, -0.15) is 0 Å². The van der Waals surface area contributed by atoms with Gasteiger partial charge in [-0.3, -0.25) is 24.0 Å². The molecule has 3 amide bonds. The molecule has 13 heteroatoms. The first-order chi connectivity index (χ1) is 13.3. The van der Waals surface area contributed by atoms with E-state index in [-0.39, 0.29) is 12.3 Å². The van der Waals surface area contributed by atoms with Crippen LogP contribution in [0.1, 0.15) is 33.1 Å². The minimum atomic E-state index is -1.50. The number of rotatable bonds is 13. The van der Waals surface area contributed by atoms with E-state index in [1.54, 1.807) is 13.8 Å². The molecule has 0 aliphatic heterocycles. The third-order valence-electron chi connectivity index (χ3n) is 3.74. The summed E-state index contributed by atoms with van der Waals surface area (Å²) in [5.74, 6) is -7.01. The second-order valence-corrected chi connectivity index (χ2v) is 6.54. The molecule has 0 radical (unpaired) electrons. The molecule has 0 aromatic rings. The molecule has 0 spiro atoms. The summed E-state index contributed by atoms with van der Waals surface area (Å²) in [6, 6.07) is -3.96. The number of carboxylic acids is 3. The van der Waals surface area contributed by atoms with Crippen LogP contribution in [-0.4, -0.2) is 75.6 Å². The Morgan fingerprint density at radius 2 is 1.45 bits per heavy atom. The van der Waals surface area contributed by atoms with Crippen molar-refractivity contribution in [2.45, 2.75) is 51.2 Å². The van der Waals surface area contributed by atoms with Gasteiger partial charge in [-0.05, 0) is 12.3 Å². The second kappa shape index (κ2) is 12.3. The van der Waals surface area contributed by atoms with Crippen molar-refractivity contribution in [1.29, 1.82) is 0 Å². The van der Waals surface area contributed by atoms with Crippen LogP contribution in [0.3, 0.4) is 0 Å². The minimum absolute atomic E-state index is 0.270. The fourth-order valence-electron chi connectivity index (χ4n) is 2.02. The number of nitrogens with two attached hydrogens (primary N) is 1. The van der Waals surface area contributed by atoms with Crippen LogP contribution >= 0.6 is 0 Å². The van der Waals surface area contributed by atoms with Gasteiger partial charge >= 0.3 is 17.9 Å². The van der Waals surface area contributed by atoms with Crippen LogP contribution in [0.2, 0.25) is 0 Å². The van der Waals surface area contributed by atoms with E-state index >= 15 is 0 Å². The Balaban J connectivity index is 4.85. The molecule has 3 atom stereocenters. The van der Waals surface area contributed by atoms with Gasteiger partial charge in [-0.15, -0.1) is 0 Å². The fourth-order valence-corrected chi connectivity index (χ4v) is 2.02. The average molecular weight is 418 g/mol. The zero-order valence-corrected chi connectivity index (χ0v) is 16.0. The molecule has 0 aliphatic rings. The monoisotopic (exact) mass is 418 g/mol. The number of nitrogens with one attached hydrogen (secondary N) is 3. The predicted molar refractivity (Wildman–Crippen MR) is 96.4 cm³/mol. The average Bonchev–Trinajstić information content (AvgIpc) is 2.60. The molecule has 0 bridgehead atoms. The maximum atomic E-state index is 12.1. The summed E-state index contributed by atoms with van der Waals surface area (Å²) in [4.78, 5) is 68.4. The highest BCUT2D eigenvalue weighted by molar-refractivity contribution is 5.94. The summed E-state index contributed by atoms with van der Waals surface area (Å²) in [6.07, 6.45) is -1.62. The number of aliphatic carboxylic acids is 3. The van der Waals surface area contributed by atoms with E-state index in [0.717, 1.165) is 0 Å². The Kier molecular flexibility index (Phi) is 10.9. The summed E-state index contributed by atoms with van der Waals surface area (Å²) < 4.78 is 0. The van der Waals surface area contributed by atoms with Gasteiger partial charge in [0, 0.05) is 6.42 Å². The molecule has 0 aliphatic carbocycles. The van der Waals surface area contributed by atoms with Crippen LogP contribution in [0.5, 0.6) is 0 Å². The predicted octanol–water partition coefficient (Wildman–Crippen LogP) is -2.52. The summed E-state index contributed by atoms with van der Waals surface area (Å²) >= 11 is 0. The number of hydrogen-bond donors (Lipinski definition) is 7. The highest BCUT2D eigenvalue weighted by Gasteiger charge is 2.28. The van der Waals surface area contributed by atoms with Crippen LogP contribution < -0.4 is 21.7 Å². The minimum Gasteiger partial charge on any atom is -0.481 e. The van der Waals surface area contributed by atoms with E-state index < -0.39 is 73.1 Å². The molecule has 13 nitrogen and oxygen atoms in total. The highest BCUT2D eigenvalue weighted by atomic mass is 16.4. The lowest BCUT2D eigenvalue weighted by atomic mass is 10.0. The van der Waals surface area contributed by atoms with Gasteiger partial charge in [0.15, 0.2) is 0 Å². The lowest BCUT2D eigenvalue weighted by Crippen LogP contribution is -2.55. The molecule has 0 rings (SSSR count). The molecule has 0 saturated carbocycles. The number of carbonyl (C=O) groups is 6. The van der Waals surface area contributed by atoms with Gasteiger partial charge in [0.25, 0.3) is 0 Å². The van der Waals surface area contributed by atoms with Gasteiger partial charge in [-0.25, -0.2) is 4.79 Å². The molecule has 164 valence electrons. The van der Waals surface area contributed by atoms with E-state index in [4.69, 9.17) is 21.1 Å². The van der Waals surface area contributed by atoms with E-state index in [1.807, 2.05) is 5.32 Å². The quantitative estimate of drug-likeness (QED) is 0.166.